The molecular weight excluding hydrogens is 310 g/mol. The number of anilines is 1. The maximum Gasteiger partial charge on any atom is 0.254 e. The predicted octanol–water partition coefficient (Wildman–Crippen LogP) is 0.921. The smallest absolute Gasteiger partial charge is 0.254 e. The molecule has 0 saturated heterocycles. The van der Waals surface area contributed by atoms with Gasteiger partial charge < -0.3 is 15.8 Å². The largest absolute Gasteiger partial charge is 0.494 e. The van der Waals surface area contributed by atoms with Crippen molar-refractivity contribution in [3.8, 4) is 5.75 Å². The van der Waals surface area contributed by atoms with Gasteiger partial charge in [0.2, 0.25) is 5.91 Å². The standard InChI is InChI=1S/C16H13N5O3/c1-24-14-9(15(17)22)6-21-13(14)12(18-7-19-21)11-8-4-2-3-5-10(8)20-16(11)23/h2-7,11H,1H3,(H2,17,22)(H,20,23). The summed E-state index contributed by atoms with van der Waals surface area (Å²) in [5, 5.41) is 6.93. The summed E-state index contributed by atoms with van der Waals surface area (Å²) in [6, 6.07) is 7.39. The molecule has 0 aliphatic carbocycles. The van der Waals surface area contributed by atoms with E-state index in [1.165, 1.54) is 24.1 Å². The first-order valence-corrected chi connectivity index (χ1v) is 7.21. The SMILES string of the molecule is COc1c(C(N)=O)cn2ncnc(C3C(=O)Nc4ccccc43)c12. The van der Waals surface area contributed by atoms with Crippen LogP contribution < -0.4 is 15.8 Å². The number of nitrogens with zero attached hydrogens (tertiary/aromatic N) is 3. The van der Waals surface area contributed by atoms with Crippen LogP contribution in [0.5, 0.6) is 5.75 Å². The second-order valence-corrected chi connectivity index (χ2v) is 5.39. The third-order valence-electron chi connectivity index (χ3n) is 4.09. The van der Waals surface area contributed by atoms with E-state index in [1.54, 1.807) is 0 Å². The van der Waals surface area contributed by atoms with Crippen molar-refractivity contribution in [1.82, 2.24) is 14.6 Å². The maximum atomic E-state index is 12.5. The summed E-state index contributed by atoms with van der Waals surface area (Å²) in [4.78, 5) is 28.4. The van der Waals surface area contributed by atoms with Crippen molar-refractivity contribution in [2.75, 3.05) is 12.4 Å². The average molecular weight is 323 g/mol. The number of hydrogen-bond acceptors (Lipinski definition) is 5. The summed E-state index contributed by atoms with van der Waals surface area (Å²) in [5.41, 5.74) is 8.05. The van der Waals surface area contributed by atoms with E-state index in [0.717, 1.165) is 11.3 Å². The van der Waals surface area contributed by atoms with Crippen LogP contribution in [0.2, 0.25) is 0 Å². The molecule has 120 valence electrons. The molecule has 1 aliphatic rings. The van der Waals surface area contributed by atoms with Crippen molar-refractivity contribution in [1.29, 1.82) is 0 Å². The van der Waals surface area contributed by atoms with E-state index in [9.17, 15) is 9.59 Å². The molecule has 3 heterocycles. The number of primary amides is 1. The van der Waals surface area contributed by atoms with Gasteiger partial charge in [-0.2, -0.15) is 5.10 Å². The molecular formula is C16H13N5O3. The zero-order chi connectivity index (χ0) is 16.8. The number of hydrogen-bond donors (Lipinski definition) is 2. The molecule has 3 N–H and O–H groups in total. The number of carbonyl (C=O) groups excluding carboxylic acids is 2. The van der Waals surface area contributed by atoms with E-state index in [0.29, 0.717) is 11.2 Å². The van der Waals surface area contributed by atoms with Gasteiger partial charge in [0, 0.05) is 11.9 Å². The summed E-state index contributed by atoms with van der Waals surface area (Å²) < 4.78 is 6.80. The quantitative estimate of drug-likeness (QED) is 0.744. The molecule has 0 spiro atoms. The first-order chi connectivity index (χ1) is 11.6. The fourth-order valence-electron chi connectivity index (χ4n) is 3.08. The highest BCUT2D eigenvalue weighted by molar-refractivity contribution is 6.06. The van der Waals surface area contributed by atoms with Gasteiger partial charge in [-0.3, -0.25) is 9.59 Å². The number of benzene rings is 1. The molecule has 1 atom stereocenters. The number of fused-ring (bicyclic) bond motifs is 2. The van der Waals surface area contributed by atoms with E-state index in [1.807, 2.05) is 24.3 Å². The second-order valence-electron chi connectivity index (χ2n) is 5.39. The van der Waals surface area contributed by atoms with Crippen molar-refractivity contribution in [2.24, 2.45) is 5.73 Å². The van der Waals surface area contributed by atoms with E-state index in [2.05, 4.69) is 15.4 Å². The summed E-state index contributed by atoms with van der Waals surface area (Å²) in [6.07, 6.45) is 2.81. The molecule has 2 aromatic heterocycles. The maximum absolute atomic E-state index is 12.5. The van der Waals surface area contributed by atoms with Gasteiger partial charge in [0.25, 0.3) is 5.91 Å². The number of amides is 2. The molecule has 0 bridgehead atoms. The molecule has 1 aliphatic heterocycles. The zero-order valence-corrected chi connectivity index (χ0v) is 12.7. The summed E-state index contributed by atoms with van der Waals surface area (Å²) in [7, 11) is 1.43. The summed E-state index contributed by atoms with van der Waals surface area (Å²) >= 11 is 0. The first kappa shape index (κ1) is 14.2. The number of rotatable bonds is 3. The van der Waals surface area contributed by atoms with Crippen LogP contribution in [0.15, 0.2) is 36.8 Å². The Kier molecular flexibility index (Phi) is 2.99. The monoisotopic (exact) mass is 323 g/mol. The molecule has 0 saturated carbocycles. The normalized spacial score (nSPS) is 16.0. The van der Waals surface area contributed by atoms with Crippen LogP contribution in [0, 0.1) is 0 Å². The Hall–Kier alpha value is -3.42. The van der Waals surface area contributed by atoms with Crippen LogP contribution in [0.3, 0.4) is 0 Å². The van der Waals surface area contributed by atoms with Crippen molar-refractivity contribution in [2.45, 2.75) is 5.92 Å². The van der Waals surface area contributed by atoms with Gasteiger partial charge in [0.15, 0.2) is 5.75 Å². The Morgan fingerprint density at radius 3 is 2.92 bits per heavy atom. The zero-order valence-electron chi connectivity index (χ0n) is 12.7. The van der Waals surface area contributed by atoms with Crippen LogP contribution >= 0.6 is 0 Å². The van der Waals surface area contributed by atoms with Gasteiger partial charge >= 0.3 is 0 Å². The number of carbonyl (C=O) groups is 2. The lowest BCUT2D eigenvalue weighted by Crippen LogP contribution is -2.16. The number of para-hydroxylation sites is 1. The highest BCUT2D eigenvalue weighted by Gasteiger charge is 2.36. The number of ether oxygens (including phenoxy) is 1. The van der Waals surface area contributed by atoms with Crippen LogP contribution in [0.4, 0.5) is 5.69 Å². The number of nitrogens with one attached hydrogen (secondary N) is 1. The van der Waals surface area contributed by atoms with Crippen LogP contribution in [0.1, 0.15) is 27.5 Å². The third kappa shape index (κ3) is 1.86. The van der Waals surface area contributed by atoms with Crippen molar-refractivity contribution in [3.05, 3.63) is 53.6 Å². The van der Waals surface area contributed by atoms with E-state index >= 15 is 0 Å². The van der Waals surface area contributed by atoms with Gasteiger partial charge in [-0.1, -0.05) is 18.2 Å². The lowest BCUT2D eigenvalue weighted by atomic mass is 9.96. The van der Waals surface area contributed by atoms with Crippen molar-refractivity contribution >= 4 is 23.0 Å². The number of methoxy groups -OCH3 is 1. The molecule has 0 radical (unpaired) electrons. The summed E-state index contributed by atoms with van der Waals surface area (Å²) in [6.45, 7) is 0. The minimum atomic E-state index is -0.639. The Bertz CT molecular complexity index is 995. The lowest BCUT2D eigenvalue weighted by molar-refractivity contribution is -0.116. The molecule has 1 aromatic carbocycles. The van der Waals surface area contributed by atoms with Gasteiger partial charge in [0.1, 0.15) is 23.3 Å². The van der Waals surface area contributed by atoms with E-state index in [-0.39, 0.29) is 17.2 Å². The van der Waals surface area contributed by atoms with Gasteiger partial charge in [0.05, 0.1) is 12.8 Å². The molecule has 8 heteroatoms. The lowest BCUT2D eigenvalue weighted by Gasteiger charge is -2.11. The molecule has 8 nitrogen and oxygen atoms in total. The Morgan fingerprint density at radius 2 is 2.17 bits per heavy atom. The minimum Gasteiger partial charge on any atom is -0.494 e. The Labute approximate surface area is 136 Å². The summed E-state index contributed by atoms with van der Waals surface area (Å²) in [5.74, 6) is -1.19. The molecule has 1 unspecified atom stereocenters. The van der Waals surface area contributed by atoms with Crippen LogP contribution in [-0.2, 0) is 4.79 Å². The number of nitrogens with two attached hydrogens (primary N) is 1. The highest BCUT2D eigenvalue weighted by atomic mass is 16.5. The van der Waals surface area contributed by atoms with Gasteiger partial charge in [-0.25, -0.2) is 9.50 Å². The topological polar surface area (TPSA) is 112 Å². The Balaban J connectivity index is 2.01. The van der Waals surface area contributed by atoms with Crippen LogP contribution in [0.25, 0.3) is 5.52 Å². The highest BCUT2D eigenvalue weighted by Crippen LogP contribution is 2.40. The van der Waals surface area contributed by atoms with Gasteiger partial charge in [-0.15, -0.1) is 0 Å². The van der Waals surface area contributed by atoms with E-state index < -0.39 is 11.8 Å². The molecule has 0 fully saturated rings. The number of aromatic nitrogens is 3. The fourth-order valence-corrected chi connectivity index (χ4v) is 3.08. The molecule has 3 aromatic rings. The molecule has 4 rings (SSSR count). The van der Waals surface area contributed by atoms with Crippen molar-refractivity contribution < 1.29 is 14.3 Å². The van der Waals surface area contributed by atoms with E-state index in [4.69, 9.17) is 10.5 Å². The third-order valence-corrected chi connectivity index (χ3v) is 4.09. The Morgan fingerprint density at radius 1 is 1.38 bits per heavy atom. The molecule has 24 heavy (non-hydrogen) atoms. The fraction of sp³-hybridized carbons (Fsp3) is 0.125. The second kappa shape index (κ2) is 5.05. The first-order valence-electron chi connectivity index (χ1n) is 7.21. The molecule has 2 amide bonds. The van der Waals surface area contributed by atoms with Gasteiger partial charge in [-0.05, 0) is 11.6 Å². The minimum absolute atomic E-state index is 0.186. The average Bonchev–Trinajstić information content (AvgIpc) is 3.11. The van der Waals surface area contributed by atoms with Crippen molar-refractivity contribution in [3.63, 3.8) is 0 Å². The van der Waals surface area contributed by atoms with Crippen LogP contribution in [-0.4, -0.2) is 33.5 Å². The predicted molar refractivity (Wildman–Crippen MR) is 85.0 cm³/mol.